The molecule has 0 saturated heterocycles. The van der Waals surface area contributed by atoms with Crippen LogP contribution < -0.4 is 14.8 Å². The predicted octanol–water partition coefficient (Wildman–Crippen LogP) is 0.873. The number of benzene rings is 1. The summed E-state index contributed by atoms with van der Waals surface area (Å²) < 4.78 is 10.4. The normalized spacial score (nSPS) is 11.8. The molecule has 0 aliphatic rings. The van der Waals surface area contributed by atoms with Gasteiger partial charge in [0.1, 0.15) is 0 Å². The van der Waals surface area contributed by atoms with Crippen LogP contribution >= 0.6 is 0 Å². The zero-order chi connectivity index (χ0) is 12.8. The number of carbonyl (C=O) groups is 1. The molecule has 0 spiro atoms. The first-order valence-corrected chi connectivity index (χ1v) is 5.28. The molecule has 5 nitrogen and oxygen atoms in total. The lowest BCUT2D eigenvalue weighted by Crippen LogP contribution is -2.24. The van der Waals surface area contributed by atoms with Crippen molar-refractivity contribution in [2.75, 3.05) is 20.8 Å². The number of rotatable bonds is 5. The summed E-state index contributed by atoms with van der Waals surface area (Å²) in [4.78, 5) is 11.0. The van der Waals surface area contributed by atoms with Crippen LogP contribution in [0.4, 0.5) is 0 Å². The van der Waals surface area contributed by atoms with E-state index in [9.17, 15) is 9.90 Å². The van der Waals surface area contributed by atoms with Crippen molar-refractivity contribution >= 4 is 5.91 Å². The number of ether oxygens (including phenoxy) is 2. The van der Waals surface area contributed by atoms with Crippen molar-refractivity contribution < 1.29 is 19.4 Å². The second-order valence-corrected chi connectivity index (χ2v) is 3.55. The van der Waals surface area contributed by atoms with Crippen LogP contribution in [0.2, 0.25) is 0 Å². The van der Waals surface area contributed by atoms with Gasteiger partial charge in [-0.05, 0) is 24.6 Å². The van der Waals surface area contributed by atoms with Crippen LogP contribution in [-0.2, 0) is 4.79 Å². The van der Waals surface area contributed by atoms with E-state index < -0.39 is 6.10 Å². The number of hydrogen-bond acceptors (Lipinski definition) is 4. The molecule has 0 aromatic heterocycles. The average Bonchev–Trinajstić information content (AvgIpc) is 2.35. The maximum atomic E-state index is 11.0. The molecule has 1 rings (SSSR count). The van der Waals surface area contributed by atoms with Crippen LogP contribution in [0.5, 0.6) is 11.5 Å². The lowest BCUT2D eigenvalue weighted by Gasteiger charge is -2.12. The molecule has 0 radical (unpaired) electrons. The summed E-state index contributed by atoms with van der Waals surface area (Å²) in [6, 6.07) is 5.08. The summed E-state index contributed by atoms with van der Waals surface area (Å²) in [6.07, 6.45) is -0.572. The number of methoxy groups -OCH3 is 1. The Morgan fingerprint density at radius 1 is 1.47 bits per heavy atom. The topological polar surface area (TPSA) is 67.8 Å². The van der Waals surface area contributed by atoms with Crippen molar-refractivity contribution in [1.29, 1.82) is 0 Å². The highest BCUT2D eigenvalue weighted by molar-refractivity contribution is 5.77. The van der Waals surface area contributed by atoms with Crippen molar-refractivity contribution in [3.05, 3.63) is 23.8 Å². The molecule has 94 valence electrons. The number of hydrogen-bond donors (Lipinski definition) is 2. The van der Waals surface area contributed by atoms with Crippen molar-refractivity contribution in [2.45, 2.75) is 13.0 Å². The van der Waals surface area contributed by atoms with E-state index >= 15 is 0 Å². The number of aliphatic hydroxyl groups is 1. The Labute approximate surface area is 100 Å². The molecule has 1 aromatic rings. The molecule has 0 fully saturated rings. The van der Waals surface area contributed by atoms with Crippen LogP contribution in [0.1, 0.15) is 18.6 Å². The second kappa shape index (κ2) is 6.10. The Balaban J connectivity index is 2.81. The third-order valence-electron chi connectivity index (χ3n) is 2.31. The highest BCUT2D eigenvalue weighted by atomic mass is 16.5. The molecule has 0 bridgehead atoms. The van der Waals surface area contributed by atoms with Gasteiger partial charge in [-0.1, -0.05) is 6.07 Å². The lowest BCUT2D eigenvalue weighted by molar-refractivity contribution is -0.122. The van der Waals surface area contributed by atoms with Gasteiger partial charge >= 0.3 is 0 Å². The van der Waals surface area contributed by atoms with Gasteiger partial charge in [0.25, 0.3) is 5.91 Å². The first-order valence-electron chi connectivity index (χ1n) is 5.28. The van der Waals surface area contributed by atoms with E-state index in [1.54, 1.807) is 32.2 Å². The van der Waals surface area contributed by atoms with Crippen LogP contribution in [0.25, 0.3) is 0 Å². The Morgan fingerprint density at radius 3 is 2.71 bits per heavy atom. The largest absolute Gasteiger partial charge is 0.493 e. The molecular weight excluding hydrogens is 222 g/mol. The van der Waals surface area contributed by atoms with E-state index in [0.717, 1.165) is 5.56 Å². The minimum Gasteiger partial charge on any atom is -0.493 e. The van der Waals surface area contributed by atoms with Gasteiger partial charge in [-0.25, -0.2) is 0 Å². The number of likely N-dealkylation sites (N-methyl/N-ethyl adjacent to an activating group) is 1. The van der Waals surface area contributed by atoms with E-state index in [4.69, 9.17) is 9.47 Å². The fraction of sp³-hybridized carbons (Fsp3) is 0.417. The first-order chi connectivity index (χ1) is 8.08. The fourth-order valence-corrected chi connectivity index (χ4v) is 1.28. The molecular formula is C12H17NO4. The summed E-state index contributed by atoms with van der Waals surface area (Å²) in [6.45, 7) is 1.60. The smallest absolute Gasteiger partial charge is 0.257 e. The van der Waals surface area contributed by atoms with E-state index in [0.29, 0.717) is 11.5 Å². The molecule has 2 N–H and O–H groups in total. The molecule has 1 unspecified atom stereocenters. The Bertz CT molecular complexity index is 390. The van der Waals surface area contributed by atoms with Crippen LogP contribution in [0.3, 0.4) is 0 Å². The second-order valence-electron chi connectivity index (χ2n) is 3.55. The summed E-state index contributed by atoms with van der Waals surface area (Å²) in [5, 5.41) is 11.9. The highest BCUT2D eigenvalue weighted by Crippen LogP contribution is 2.30. The number of nitrogens with one attached hydrogen (secondary N) is 1. The van der Waals surface area contributed by atoms with Gasteiger partial charge < -0.3 is 19.9 Å². The maximum absolute atomic E-state index is 11.0. The quantitative estimate of drug-likeness (QED) is 0.800. The standard InChI is InChI=1S/C12H17NO4/c1-8(14)9-4-5-10(11(6-9)16-3)17-7-12(15)13-2/h4-6,8,14H,7H2,1-3H3,(H,13,15). The zero-order valence-electron chi connectivity index (χ0n) is 10.2. The van der Waals surface area contributed by atoms with E-state index in [2.05, 4.69) is 5.32 Å². The van der Waals surface area contributed by atoms with Crippen LogP contribution in [0.15, 0.2) is 18.2 Å². The number of aliphatic hydroxyl groups excluding tert-OH is 1. The van der Waals surface area contributed by atoms with Gasteiger partial charge in [-0.15, -0.1) is 0 Å². The van der Waals surface area contributed by atoms with E-state index in [1.165, 1.54) is 7.11 Å². The van der Waals surface area contributed by atoms with Gasteiger partial charge in [0.2, 0.25) is 0 Å². The van der Waals surface area contributed by atoms with E-state index in [1.807, 2.05) is 0 Å². The zero-order valence-corrected chi connectivity index (χ0v) is 10.2. The van der Waals surface area contributed by atoms with Crippen molar-refractivity contribution in [1.82, 2.24) is 5.32 Å². The summed E-state index contributed by atoms with van der Waals surface area (Å²) in [5.41, 5.74) is 0.731. The van der Waals surface area contributed by atoms with Crippen molar-refractivity contribution in [2.24, 2.45) is 0 Å². The molecule has 5 heteroatoms. The summed E-state index contributed by atoms with van der Waals surface area (Å²) >= 11 is 0. The average molecular weight is 239 g/mol. The van der Waals surface area contributed by atoms with Gasteiger partial charge in [0, 0.05) is 7.05 Å². The SMILES string of the molecule is CNC(=O)COc1ccc(C(C)O)cc1OC. The number of carbonyl (C=O) groups excluding carboxylic acids is 1. The Hall–Kier alpha value is -1.75. The van der Waals surface area contributed by atoms with Crippen LogP contribution in [0, 0.1) is 0 Å². The molecule has 0 heterocycles. The fourth-order valence-electron chi connectivity index (χ4n) is 1.28. The predicted molar refractivity (Wildman–Crippen MR) is 63.2 cm³/mol. The van der Waals surface area contributed by atoms with Gasteiger partial charge in [-0.3, -0.25) is 4.79 Å². The lowest BCUT2D eigenvalue weighted by atomic mass is 10.1. The Morgan fingerprint density at radius 2 is 2.18 bits per heavy atom. The van der Waals surface area contributed by atoms with Crippen molar-refractivity contribution in [3.63, 3.8) is 0 Å². The molecule has 1 aromatic carbocycles. The highest BCUT2D eigenvalue weighted by Gasteiger charge is 2.09. The van der Waals surface area contributed by atoms with Gasteiger partial charge in [-0.2, -0.15) is 0 Å². The van der Waals surface area contributed by atoms with E-state index in [-0.39, 0.29) is 12.5 Å². The monoisotopic (exact) mass is 239 g/mol. The first kappa shape index (κ1) is 13.3. The maximum Gasteiger partial charge on any atom is 0.257 e. The molecule has 1 atom stereocenters. The molecule has 0 saturated carbocycles. The van der Waals surface area contributed by atoms with Crippen LogP contribution in [-0.4, -0.2) is 31.8 Å². The molecule has 0 aliphatic carbocycles. The number of amides is 1. The molecule has 1 amide bonds. The third-order valence-corrected chi connectivity index (χ3v) is 2.31. The van der Waals surface area contributed by atoms with Gasteiger partial charge in [0.15, 0.2) is 18.1 Å². The van der Waals surface area contributed by atoms with Gasteiger partial charge in [0.05, 0.1) is 13.2 Å². The molecule has 0 aliphatic heterocycles. The third kappa shape index (κ3) is 3.64. The minimum absolute atomic E-state index is 0.0686. The summed E-state index contributed by atoms with van der Waals surface area (Å²) in [5.74, 6) is 0.749. The minimum atomic E-state index is -0.572. The Kier molecular flexibility index (Phi) is 4.78. The van der Waals surface area contributed by atoms with Crippen molar-refractivity contribution in [3.8, 4) is 11.5 Å². The molecule has 17 heavy (non-hydrogen) atoms. The summed E-state index contributed by atoms with van der Waals surface area (Å²) in [7, 11) is 3.05.